The molecule has 0 unspecified atom stereocenters. The summed E-state index contributed by atoms with van der Waals surface area (Å²) in [6.45, 7) is 0. The van der Waals surface area contributed by atoms with Gasteiger partial charge < -0.3 is 10.3 Å². The second-order valence-electron chi connectivity index (χ2n) is 5.44. The molecule has 3 rings (SSSR count). The van der Waals surface area contributed by atoms with Crippen LogP contribution in [0.1, 0.15) is 31.5 Å². The SMILES string of the molecule is Cn1c(CC2(N)CCCC2)nc2c(F)cccc21. The molecule has 96 valence electrons. The maximum absolute atomic E-state index is 13.7. The first-order valence-electron chi connectivity index (χ1n) is 6.48. The molecule has 0 bridgehead atoms. The number of para-hydroxylation sites is 1. The molecule has 1 heterocycles. The van der Waals surface area contributed by atoms with E-state index in [2.05, 4.69) is 4.98 Å². The number of aryl methyl sites for hydroxylation is 1. The molecule has 3 nitrogen and oxygen atoms in total. The second kappa shape index (κ2) is 4.05. The van der Waals surface area contributed by atoms with E-state index in [1.807, 2.05) is 17.7 Å². The third-order valence-corrected chi connectivity index (χ3v) is 4.06. The van der Waals surface area contributed by atoms with E-state index >= 15 is 0 Å². The molecule has 0 atom stereocenters. The number of nitrogens with two attached hydrogens (primary N) is 1. The summed E-state index contributed by atoms with van der Waals surface area (Å²) in [6, 6.07) is 5.07. The quantitative estimate of drug-likeness (QED) is 0.886. The van der Waals surface area contributed by atoms with Crippen molar-refractivity contribution in [3.05, 3.63) is 29.8 Å². The summed E-state index contributed by atoms with van der Waals surface area (Å²) in [5, 5.41) is 0. The number of benzene rings is 1. The molecule has 18 heavy (non-hydrogen) atoms. The lowest BCUT2D eigenvalue weighted by Gasteiger charge is -2.22. The van der Waals surface area contributed by atoms with Gasteiger partial charge in [-0.1, -0.05) is 18.9 Å². The number of fused-ring (bicyclic) bond motifs is 1. The second-order valence-corrected chi connectivity index (χ2v) is 5.44. The summed E-state index contributed by atoms with van der Waals surface area (Å²) in [5.41, 5.74) is 7.52. The molecular weight excluding hydrogens is 229 g/mol. The lowest BCUT2D eigenvalue weighted by molar-refractivity contribution is 0.422. The molecule has 1 aliphatic carbocycles. The van der Waals surface area contributed by atoms with Crippen LogP contribution in [0.5, 0.6) is 0 Å². The standard InChI is InChI=1S/C14H18FN3/c1-18-11-6-4-5-10(15)13(11)17-12(18)9-14(16)7-2-3-8-14/h4-6H,2-3,7-9,16H2,1H3. The Kier molecular flexibility index (Phi) is 2.63. The van der Waals surface area contributed by atoms with E-state index in [0.717, 1.165) is 30.6 Å². The van der Waals surface area contributed by atoms with Crippen molar-refractivity contribution in [2.45, 2.75) is 37.6 Å². The molecule has 1 aromatic heterocycles. The summed E-state index contributed by atoms with van der Waals surface area (Å²) in [4.78, 5) is 4.43. The van der Waals surface area contributed by atoms with Crippen LogP contribution in [-0.2, 0) is 13.5 Å². The maximum atomic E-state index is 13.7. The maximum Gasteiger partial charge on any atom is 0.151 e. The number of imidazole rings is 1. The zero-order valence-electron chi connectivity index (χ0n) is 10.6. The van der Waals surface area contributed by atoms with Gasteiger partial charge in [0.2, 0.25) is 0 Å². The predicted molar refractivity (Wildman–Crippen MR) is 69.8 cm³/mol. The van der Waals surface area contributed by atoms with Gasteiger partial charge in [-0.15, -0.1) is 0 Å². The van der Waals surface area contributed by atoms with Gasteiger partial charge in [0.1, 0.15) is 11.3 Å². The third-order valence-electron chi connectivity index (χ3n) is 4.06. The van der Waals surface area contributed by atoms with Crippen LogP contribution in [0.3, 0.4) is 0 Å². The number of aromatic nitrogens is 2. The van der Waals surface area contributed by atoms with Crippen molar-refractivity contribution in [2.24, 2.45) is 12.8 Å². The van der Waals surface area contributed by atoms with E-state index < -0.39 is 0 Å². The lowest BCUT2D eigenvalue weighted by atomic mass is 9.94. The molecule has 0 spiro atoms. The Labute approximate surface area is 106 Å². The van der Waals surface area contributed by atoms with Gasteiger partial charge in [-0.25, -0.2) is 9.37 Å². The molecule has 2 aromatic rings. The highest BCUT2D eigenvalue weighted by atomic mass is 19.1. The Morgan fingerprint density at radius 1 is 1.39 bits per heavy atom. The van der Waals surface area contributed by atoms with Gasteiger partial charge in [0.05, 0.1) is 5.52 Å². The fraction of sp³-hybridized carbons (Fsp3) is 0.500. The first kappa shape index (κ1) is 11.7. The number of hydrogen-bond donors (Lipinski definition) is 1. The van der Waals surface area contributed by atoms with E-state index in [9.17, 15) is 4.39 Å². The van der Waals surface area contributed by atoms with Gasteiger partial charge in [-0.3, -0.25) is 0 Å². The smallest absolute Gasteiger partial charge is 0.151 e. The van der Waals surface area contributed by atoms with Crippen molar-refractivity contribution in [1.29, 1.82) is 0 Å². The number of nitrogens with zero attached hydrogens (tertiary/aromatic N) is 2. The van der Waals surface area contributed by atoms with Crippen LogP contribution in [0.2, 0.25) is 0 Å². The Balaban J connectivity index is 2.02. The highest BCUT2D eigenvalue weighted by molar-refractivity contribution is 5.76. The average Bonchev–Trinajstić information content (AvgIpc) is 2.88. The predicted octanol–water partition coefficient (Wildman–Crippen LogP) is 2.53. The van der Waals surface area contributed by atoms with Crippen molar-refractivity contribution in [1.82, 2.24) is 9.55 Å². The van der Waals surface area contributed by atoms with Crippen molar-refractivity contribution in [3.8, 4) is 0 Å². The van der Waals surface area contributed by atoms with Crippen LogP contribution in [0.4, 0.5) is 4.39 Å². The molecule has 1 saturated carbocycles. The highest BCUT2D eigenvalue weighted by Gasteiger charge is 2.31. The summed E-state index contributed by atoms with van der Waals surface area (Å²) in [5.74, 6) is 0.631. The molecule has 1 aromatic carbocycles. The normalized spacial score (nSPS) is 18.6. The van der Waals surface area contributed by atoms with Crippen molar-refractivity contribution < 1.29 is 4.39 Å². The fourth-order valence-electron chi connectivity index (χ4n) is 2.96. The van der Waals surface area contributed by atoms with Crippen molar-refractivity contribution in [2.75, 3.05) is 0 Å². The zero-order valence-corrected chi connectivity index (χ0v) is 10.6. The minimum atomic E-state index is -0.258. The molecule has 1 fully saturated rings. The van der Waals surface area contributed by atoms with Crippen LogP contribution in [0, 0.1) is 5.82 Å². The van der Waals surface area contributed by atoms with E-state index in [1.165, 1.54) is 18.9 Å². The molecule has 4 heteroatoms. The summed E-state index contributed by atoms with van der Waals surface area (Å²) >= 11 is 0. The topological polar surface area (TPSA) is 43.8 Å². The van der Waals surface area contributed by atoms with Crippen LogP contribution in [0.15, 0.2) is 18.2 Å². The van der Waals surface area contributed by atoms with Crippen molar-refractivity contribution in [3.63, 3.8) is 0 Å². The molecule has 1 aliphatic rings. The molecule has 0 amide bonds. The van der Waals surface area contributed by atoms with Gasteiger partial charge >= 0.3 is 0 Å². The fourth-order valence-corrected chi connectivity index (χ4v) is 2.96. The van der Waals surface area contributed by atoms with Gasteiger partial charge in [0, 0.05) is 19.0 Å². The average molecular weight is 247 g/mol. The van der Waals surface area contributed by atoms with E-state index in [1.54, 1.807) is 6.07 Å². The van der Waals surface area contributed by atoms with Crippen LogP contribution < -0.4 is 5.73 Å². The number of hydrogen-bond acceptors (Lipinski definition) is 2. The summed E-state index contributed by atoms with van der Waals surface area (Å²) in [6.07, 6.45) is 5.19. The molecule has 0 saturated heterocycles. The van der Waals surface area contributed by atoms with Gasteiger partial charge in [-0.05, 0) is 25.0 Å². The van der Waals surface area contributed by atoms with Crippen LogP contribution in [-0.4, -0.2) is 15.1 Å². The molecule has 2 N–H and O–H groups in total. The zero-order chi connectivity index (χ0) is 12.8. The summed E-state index contributed by atoms with van der Waals surface area (Å²) in [7, 11) is 1.93. The van der Waals surface area contributed by atoms with E-state index in [-0.39, 0.29) is 11.4 Å². The molecular formula is C14H18FN3. The monoisotopic (exact) mass is 247 g/mol. The summed E-state index contributed by atoms with van der Waals surface area (Å²) < 4.78 is 15.6. The highest BCUT2D eigenvalue weighted by Crippen LogP contribution is 2.31. The first-order chi connectivity index (χ1) is 8.59. The Bertz CT molecular complexity index is 582. The number of rotatable bonds is 2. The van der Waals surface area contributed by atoms with Gasteiger partial charge in [0.15, 0.2) is 5.82 Å². The van der Waals surface area contributed by atoms with Crippen LogP contribution >= 0.6 is 0 Å². The lowest BCUT2D eigenvalue weighted by Crippen LogP contribution is -2.39. The Morgan fingerprint density at radius 2 is 2.11 bits per heavy atom. The van der Waals surface area contributed by atoms with Crippen molar-refractivity contribution >= 4 is 11.0 Å². The Morgan fingerprint density at radius 3 is 2.78 bits per heavy atom. The third kappa shape index (κ3) is 1.81. The minimum absolute atomic E-state index is 0.147. The van der Waals surface area contributed by atoms with Crippen LogP contribution in [0.25, 0.3) is 11.0 Å². The molecule has 0 aliphatic heterocycles. The molecule has 0 radical (unpaired) electrons. The van der Waals surface area contributed by atoms with E-state index in [0.29, 0.717) is 5.52 Å². The number of halogens is 1. The van der Waals surface area contributed by atoms with Gasteiger partial charge in [0.25, 0.3) is 0 Å². The minimum Gasteiger partial charge on any atom is -0.331 e. The first-order valence-corrected chi connectivity index (χ1v) is 6.48. The van der Waals surface area contributed by atoms with E-state index in [4.69, 9.17) is 5.73 Å². The Hall–Kier alpha value is -1.42. The van der Waals surface area contributed by atoms with Gasteiger partial charge in [-0.2, -0.15) is 0 Å². The largest absolute Gasteiger partial charge is 0.331 e.